The lowest BCUT2D eigenvalue weighted by atomic mass is 9.81. The zero-order valence-electron chi connectivity index (χ0n) is 12.7. The Kier molecular flexibility index (Phi) is 5.79. The second kappa shape index (κ2) is 7.38. The number of hydrogen-bond donors (Lipinski definition) is 2. The van der Waals surface area contributed by atoms with E-state index in [0.29, 0.717) is 23.9 Å². The number of benzene rings is 1. The van der Waals surface area contributed by atoms with Gasteiger partial charge in [-0.2, -0.15) is 0 Å². The molecule has 4 nitrogen and oxygen atoms in total. The number of rotatable bonds is 6. The summed E-state index contributed by atoms with van der Waals surface area (Å²) in [7, 11) is -3.42. The molecular weight excluding hydrogens is 284 g/mol. The summed E-state index contributed by atoms with van der Waals surface area (Å²) in [6.45, 7) is 3.13. The number of hydrogen-bond acceptors (Lipinski definition) is 3. The third kappa shape index (κ3) is 4.53. The highest BCUT2D eigenvalue weighted by molar-refractivity contribution is 7.89. The van der Waals surface area contributed by atoms with Crippen LogP contribution in [0.15, 0.2) is 29.2 Å². The molecular formula is C16H26N2O2S. The van der Waals surface area contributed by atoms with Crippen molar-refractivity contribution in [2.75, 3.05) is 6.54 Å². The summed E-state index contributed by atoms with van der Waals surface area (Å²) < 4.78 is 27.4. The van der Waals surface area contributed by atoms with E-state index in [1.165, 1.54) is 19.3 Å². The maximum absolute atomic E-state index is 12.3. The van der Waals surface area contributed by atoms with Gasteiger partial charge < -0.3 is 5.73 Å². The van der Waals surface area contributed by atoms with Crippen LogP contribution in [0.1, 0.15) is 44.6 Å². The van der Waals surface area contributed by atoms with Crippen LogP contribution in [-0.2, 0) is 16.6 Å². The largest absolute Gasteiger partial charge is 0.326 e. The molecule has 1 saturated carbocycles. The summed E-state index contributed by atoms with van der Waals surface area (Å²) in [6, 6.07) is 6.85. The lowest BCUT2D eigenvalue weighted by Gasteiger charge is -2.27. The predicted octanol–water partition coefficient (Wildman–Crippen LogP) is 2.64. The van der Waals surface area contributed by atoms with Crippen molar-refractivity contribution >= 4 is 10.0 Å². The minimum absolute atomic E-state index is 0.313. The number of nitrogens with two attached hydrogens (primary N) is 1. The van der Waals surface area contributed by atoms with E-state index < -0.39 is 10.0 Å². The van der Waals surface area contributed by atoms with Gasteiger partial charge in [-0.3, -0.25) is 0 Å². The van der Waals surface area contributed by atoms with Gasteiger partial charge in [0.2, 0.25) is 10.0 Å². The molecule has 0 heterocycles. The predicted molar refractivity (Wildman–Crippen MR) is 85.3 cm³/mol. The van der Waals surface area contributed by atoms with Gasteiger partial charge in [0.05, 0.1) is 4.90 Å². The van der Waals surface area contributed by atoms with Gasteiger partial charge in [-0.05, 0) is 42.4 Å². The van der Waals surface area contributed by atoms with Gasteiger partial charge in [-0.1, -0.05) is 38.3 Å². The average molecular weight is 310 g/mol. The Morgan fingerprint density at radius 1 is 1.19 bits per heavy atom. The molecule has 0 amide bonds. The highest BCUT2D eigenvalue weighted by Gasteiger charge is 2.22. The minimum atomic E-state index is -3.42. The standard InChI is InChI=1S/C16H26N2O2S/c1-2-13-6-8-14(9-7-13)12-18-21(19,20)16-5-3-4-15(10-16)11-17/h3-5,10,13-14,18H,2,6-9,11-12,17H2,1H3. The summed E-state index contributed by atoms with van der Waals surface area (Å²) in [5, 5.41) is 0. The molecule has 0 aliphatic heterocycles. The van der Waals surface area contributed by atoms with Gasteiger partial charge in [-0.25, -0.2) is 13.1 Å². The summed E-state index contributed by atoms with van der Waals surface area (Å²) in [4.78, 5) is 0.313. The molecule has 0 bridgehead atoms. The van der Waals surface area contributed by atoms with Crippen molar-refractivity contribution in [3.63, 3.8) is 0 Å². The molecule has 1 aliphatic carbocycles. The van der Waals surface area contributed by atoms with Crippen molar-refractivity contribution < 1.29 is 8.42 Å². The third-order valence-corrected chi connectivity index (χ3v) is 5.97. The Morgan fingerprint density at radius 3 is 2.48 bits per heavy atom. The molecule has 1 aromatic carbocycles. The van der Waals surface area contributed by atoms with Gasteiger partial charge in [-0.15, -0.1) is 0 Å². The van der Waals surface area contributed by atoms with Crippen LogP contribution in [0.5, 0.6) is 0 Å². The third-order valence-electron chi connectivity index (χ3n) is 4.55. The Labute approximate surface area is 128 Å². The van der Waals surface area contributed by atoms with E-state index in [0.717, 1.165) is 24.3 Å². The van der Waals surface area contributed by atoms with Gasteiger partial charge in [0, 0.05) is 13.1 Å². The number of nitrogens with one attached hydrogen (secondary N) is 1. The maximum Gasteiger partial charge on any atom is 0.240 e. The zero-order valence-corrected chi connectivity index (χ0v) is 13.5. The van der Waals surface area contributed by atoms with Crippen LogP contribution in [0.3, 0.4) is 0 Å². The molecule has 2 rings (SSSR count). The molecule has 1 aliphatic rings. The van der Waals surface area contributed by atoms with Crippen molar-refractivity contribution in [2.24, 2.45) is 17.6 Å². The van der Waals surface area contributed by atoms with E-state index in [1.807, 2.05) is 6.07 Å². The number of sulfonamides is 1. The minimum Gasteiger partial charge on any atom is -0.326 e. The molecule has 5 heteroatoms. The molecule has 0 saturated heterocycles. The quantitative estimate of drug-likeness (QED) is 0.848. The smallest absolute Gasteiger partial charge is 0.240 e. The highest BCUT2D eigenvalue weighted by atomic mass is 32.2. The van der Waals surface area contributed by atoms with E-state index in [9.17, 15) is 8.42 Å². The van der Waals surface area contributed by atoms with E-state index in [4.69, 9.17) is 5.73 Å². The SMILES string of the molecule is CCC1CCC(CNS(=O)(=O)c2cccc(CN)c2)CC1. The Hall–Kier alpha value is -0.910. The monoisotopic (exact) mass is 310 g/mol. The van der Waals surface area contributed by atoms with Crippen LogP contribution in [0.2, 0.25) is 0 Å². The molecule has 0 spiro atoms. The molecule has 21 heavy (non-hydrogen) atoms. The van der Waals surface area contributed by atoms with Crippen LogP contribution < -0.4 is 10.5 Å². The van der Waals surface area contributed by atoms with Gasteiger partial charge in [0.1, 0.15) is 0 Å². The van der Waals surface area contributed by atoms with Crippen LogP contribution >= 0.6 is 0 Å². The summed E-state index contributed by atoms with van der Waals surface area (Å²) in [5.74, 6) is 1.30. The van der Waals surface area contributed by atoms with Crippen molar-refractivity contribution in [3.05, 3.63) is 29.8 Å². The van der Waals surface area contributed by atoms with Crippen molar-refractivity contribution in [3.8, 4) is 0 Å². The van der Waals surface area contributed by atoms with E-state index in [2.05, 4.69) is 11.6 Å². The first-order valence-corrected chi connectivity index (χ1v) is 9.32. The molecule has 0 radical (unpaired) electrons. The lowest BCUT2D eigenvalue weighted by molar-refractivity contribution is 0.270. The summed E-state index contributed by atoms with van der Waals surface area (Å²) in [6.07, 6.45) is 5.95. The highest BCUT2D eigenvalue weighted by Crippen LogP contribution is 2.30. The van der Waals surface area contributed by atoms with E-state index in [-0.39, 0.29) is 0 Å². The van der Waals surface area contributed by atoms with Crippen molar-refractivity contribution in [1.29, 1.82) is 0 Å². The van der Waals surface area contributed by atoms with E-state index in [1.54, 1.807) is 18.2 Å². The van der Waals surface area contributed by atoms with Gasteiger partial charge >= 0.3 is 0 Å². The molecule has 1 aromatic rings. The molecule has 1 fully saturated rings. The maximum atomic E-state index is 12.3. The van der Waals surface area contributed by atoms with Gasteiger partial charge in [0.25, 0.3) is 0 Å². The fourth-order valence-electron chi connectivity index (χ4n) is 2.99. The van der Waals surface area contributed by atoms with E-state index >= 15 is 0 Å². The van der Waals surface area contributed by atoms with Crippen LogP contribution in [0.4, 0.5) is 0 Å². The summed E-state index contributed by atoms with van der Waals surface area (Å²) >= 11 is 0. The second-order valence-electron chi connectivity index (χ2n) is 6.00. The van der Waals surface area contributed by atoms with Crippen LogP contribution in [-0.4, -0.2) is 15.0 Å². The zero-order chi connectivity index (χ0) is 15.3. The fraction of sp³-hybridized carbons (Fsp3) is 0.625. The molecule has 0 aromatic heterocycles. The normalized spacial score (nSPS) is 23.1. The molecule has 118 valence electrons. The molecule has 3 N–H and O–H groups in total. The Balaban J connectivity index is 1.92. The Morgan fingerprint density at radius 2 is 1.86 bits per heavy atom. The first-order chi connectivity index (χ1) is 10.0. The molecule has 0 unspecified atom stereocenters. The van der Waals surface area contributed by atoms with Gasteiger partial charge in [0.15, 0.2) is 0 Å². The topological polar surface area (TPSA) is 72.2 Å². The Bertz CT molecular complexity index is 549. The second-order valence-corrected chi connectivity index (χ2v) is 7.77. The first kappa shape index (κ1) is 16.5. The van der Waals surface area contributed by atoms with Crippen molar-refractivity contribution in [1.82, 2.24) is 4.72 Å². The average Bonchev–Trinajstić information content (AvgIpc) is 2.53. The van der Waals surface area contributed by atoms with Crippen molar-refractivity contribution in [2.45, 2.75) is 50.5 Å². The van der Waals surface area contributed by atoms with Crippen LogP contribution in [0.25, 0.3) is 0 Å². The molecule has 0 atom stereocenters. The lowest BCUT2D eigenvalue weighted by Crippen LogP contribution is -2.31. The first-order valence-electron chi connectivity index (χ1n) is 7.83. The fourth-order valence-corrected chi connectivity index (χ4v) is 4.18. The summed E-state index contributed by atoms with van der Waals surface area (Å²) in [5.41, 5.74) is 6.40. The van der Waals surface area contributed by atoms with Crippen LogP contribution in [0, 0.1) is 11.8 Å².